The average molecular weight is 379 g/mol. The van der Waals surface area contributed by atoms with Crippen molar-refractivity contribution in [2.45, 2.75) is 37.2 Å². The van der Waals surface area contributed by atoms with Crippen molar-refractivity contribution in [3.63, 3.8) is 0 Å². The number of aryl methyl sites for hydroxylation is 1. The molecule has 0 saturated carbocycles. The van der Waals surface area contributed by atoms with Crippen LogP contribution in [0.4, 0.5) is 0 Å². The van der Waals surface area contributed by atoms with E-state index in [9.17, 15) is 4.79 Å². The molecular formula is C21H22N4OS. The highest BCUT2D eigenvalue weighted by Gasteiger charge is 2.26. The Morgan fingerprint density at radius 1 is 1.15 bits per heavy atom. The molecule has 1 atom stereocenters. The van der Waals surface area contributed by atoms with Crippen LogP contribution in [0.2, 0.25) is 0 Å². The Morgan fingerprint density at radius 3 is 2.67 bits per heavy atom. The van der Waals surface area contributed by atoms with E-state index >= 15 is 0 Å². The lowest BCUT2D eigenvalue weighted by molar-refractivity contribution is -0.131. The SMILES string of the molecule is Cc1ccc(-c2nc(S[C@@H](C)C(=O)N3CCc4ccccc4C3)n[nH]2)cc1. The summed E-state index contributed by atoms with van der Waals surface area (Å²) in [5, 5.41) is 7.62. The third-order valence-electron chi connectivity index (χ3n) is 4.86. The van der Waals surface area contributed by atoms with Crippen LogP contribution in [0.5, 0.6) is 0 Å². The van der Waals surface area contributed by atoms with Gasteiger partial charge >= 0.3 is 0 Å². The van der Waals surface area contributed by atoms with Crippen LogP contribution in [-0.4, -0.2) is 37.8 Å². The quantitative estimate of drug-likeness (QED) is 0.701. The number of H-pyrrole nitrogens is 1. The zero-order valence-corrected chi connectivity index (χ0v) is 16.3. The van der Waals surface area contributed by atoms with E-state index in [0.29, 0.717) is 11.7 Å². The number of nitrogens with zero attached hydrogens (tertiary/aromatic N) is 3. The standard InChI is InChI=1S/C21H22N4OS/c1-14-7-9-17(10-8-14)19-22-21(24-23-19)27-15(2)20(26)25-12-11-16-5-3-4-6-18(16)13-25/h3-10,15H,11-13H2,1-2H3,(H,22,23,24)/t15-/m0/s1. The number of thioether (sulfide) groups is 1. The second-order valence-electron chi connectivity index (χ2n) is 6.87. The Labute approximate surface area is 163 Å². The molecule has 1 N–H and O–H groups in total. The smallest absolute Gasteiger partial charge is 0.236 e. The number of hydrogen-bond donors (Lipinski definition) is 1. The van der Waals surface area contributed by atoms with E-state index in [-0.39, 0.29) is 11.2 Å². The summed E-state index contributed by atoms with van der Waals surface area (Å²) in [4.78, 5) is 19.3. The Morgan fingerprint density at radius 2 is 1.89 bits per heavy atom. The molecule has 5 nitrogen and oxygen atoms in total. The maximum Gasteiger partial charge on any atom is 0.236 e. The minimum atomic E-state index is -0.225. The van der Waals surface area contributed by atoms with Crippen LogP contribution in [0.25, 0.3) is 11.4 Å². The predicted octanol–water partition coefficient (Wildman–Crippen LogP) is 3.85. The fourth-order valence-electron chi connectivity index (χ4n) is 3.29. The van der Waals surface area contributed by atoms with E-state index in [4.69, 9.17) is 0 Å². The van der Waals surface area contributed by atoms with Gasteiger partial charge in [-0.3, -0.25) is 9.89 Å². The normalized spacial score (nSPS) is 14.7. The van der Waals surface area contributed by atoms with Gasteiger partial charge in [-0.15, -0.1) is 5.10 Å². The molecule has 0 spiro atoms. The molecule has 4 rings (SSSR count). The average Bonchev–Trinajstić information content (AvgIpc) is 3.16. The van der Waals surface area contributed by atoms with Gasteiger partial charge in [0.25, 0.3) is 0 Å². The van der Waals surface area contributed by atoms with Gasteiger partial charge in [0, 0.05) is 18.7 Å². The molecule has 1 aliphatic rings. The number of carbonyl (C=O) groups is 1. The number of aromatic amines is 1. The Kier molecular flexibility index (Phi) is 4.99. The van der Waals surface area contributed by atoms with Gasteiger partial charge in [-0.25, -0.2) is 4.98 Å². The van der Waals surface area contributed by atoms with Gasteiger partial charge in [0.15, 0.2) is 5.82 Å². The number of aromatic nitrogens is 3. The lowest BCUT2D eigenvalue weighted by atomic mass is 10.00. The molecule has 0 radical (unpaired) electrons. The van der Waals surface area contributed by atoms with Crippen molar-refractivity contribution in [2.75, 3.05) is 6.54 Å². The summed E-state index contributed by atoms with van der Waals surface area (Å²) in [6.45, 7) is 5.43. The summed E-state index contributed by atoms with van der Waals surface area (Å²) in [6, 6.07) is 16.5. The van der Waals surface area contributed by atoms with Crippen LogP contribution in [0.3, 0.4) is 0 Å². The van der Waals surface area contributed by atoms with Crippen molar-refractivity contribution in [1.82, 2.24) is 20.1 Å². The first-order valence-electron chi connectivity index (χ1n) is 9.12. The Bertz CT molecular complexity index is 951. The highest BCUT2D eigenvalue weighted by molar-refractivity contribution is 8.00. The molecule has 0 fully saturated rings. The third kappa shape index (κ3) is 3.90. The van der Waals surface area contributed by atoms with Crippen LogP contribution in [0.1, 0.15) is 23.6 Å². The summed E-state index contributed by atoms with van der Waals surface area (Å²) in [5.74, 6) is 0.861. The molecule has 2 heterocycles. The zero-order valence-electron chi connectivity index (χ0n) is 15.5. The monoisotopic (exact) mass is 378 g/mol. The molecule has 0 bridgehead atoms. The summed E-state index contributed by atoms with van der Waals surface area (Å²) < 4.78 is 0. The number of benzene rings is 2. The zero-order chi connectivity index (χ0) is 18.8. The first kappa shape index (κ1) is 17.8. The molecule has 1 aromatic heterocycles. The maximum absolute atomic E-state index is 12.9. The summed E-state index contributed by atoms with van der Waals surface area (Å²) in [7, 11) is 0. The van der Waals surface area contributed by atoms with Crippen molar-refractivity contribution in [3.8, 4) is 11.4 Å². The first-order chi connectivity index (χ1) is 13.1. The third-order valence-corrected chi connectivity index (χ3v) is 5.81. The minimum Gasteiger partial charge on any atom is -0.337 e. The minimum absolute atomic E-state index is 0.135. The molecule has 0 aliphatic carbocycles. The van der Waals surface area contributed by atoms with E-state index in [0.717, 1.165) is 24.4 Å². The van der Waals surface area contributed by atoms with E-state index in [2.05, 4.69) is 40.3 Å². The van der Waals surface area contributed by atoms with Crippen molar-refractivity contribution in [3.05, 3.63) is 65.2 Å². The Balaban J connectivity index is 1.41. The van der Waals surface area contributed by atoms with Crippen molar-refractivity contribution < 1.29 is 4.79 Å². The van der Waals surface area contributed by atoms with Gasteiger partial charge < -0.3 is 4.90 Å². The topological polar surface area (TPSA) is 61.9 Å². The largest absolute Gasteiger partial charge is 0.337 e. The first-order valence-corrected chi connectivity index (χ1v) is 10.00. The number of amides is 1. The van der Waals surface area contributed by atoms with Gasteiger partial charge in [0.05, 0.1) is 5.25 Å². The second kappa shape index (κ2) is 7.56. The molecule has 3 aromatic rings. The maximum atomic E-state index is 12.9. The number of carbonyl (C=O) groups excluding carboxylic acids is 1. The number of hydrogen-bond acceptors (Lipinski definition) is 4. The van der Waals surface area contributed by atoms with E-state index in [1.807, 2.05) is 42.2 Å². The summed E-state index contributed by atoms with van der Waals surface area (Å²) in [5.41, 5.74) is 4.79. The van der Waals surface area contributed by atoms with Crippen molar-refractivity contribution >= 4 is 17.7 Å². The molecule has 0 saturated heterocycles. The summed E-state index contributed by atoms with van der Waals surface area (Å²) >= 11 is 1.40. The second-order valence-corrected chi connectivity index (χ2v) is 8.18. The molecule has 0 unspecified atom stereocenters. The fourth-order valence-corrected chi connectivity index (χ4v) is 4.10. The van der Waals surface area contributed by atoms with Gasteiger partial charge in [-0.2, -0.15) is 0 Å². The van der Waals surface area contributed by atoms with Gasteiger partial charge in [-0.05, 0) is 31.4 Å². The molecule has 1 amide bonds. The van der Waals surface area contributed by atoms with Crippen LogP contribution in [0, 0.1) is 6.92 Å². The molecule has 2 aromatic carbocycles. The fraction of sp³-hybridized carbons (Fsp3) is 0.286. The molecule has 6 heteroatoms. The van der Waals surface area contributed by atoms with Gasteiger partial charge in [-0.1, -0.05) is 65.9 Å². The van der Waals surface area contributed by atoms with E-state index in [1.54, 1.807) is 0 Å². The summed E-state index contributed by atoms with van der Waals surface area (Å²) in [6.07, 6.45) is 0.914. The van der Waals surface area contributed by atoms with Gasteiger partial charge in [0.1, 0.15) is 0 Å². The van der Waals surface area contributed by atoms with Gasteiger partial charge in [0.2, 0.25) is 11.1 Å². The molecule has 27 heavy (non-hydrogen) atoms. The van der Waals surface area contributed by atoms with Crippen molar-refractivity contribution in [2.24, 2.45) is 0 Å². The van der Waals surface area contributed by atoms with Crippen LogP contribution >= 0.6 is 11.8 Å². The van der Waals surface area contributed by atoms with E-state index in [1.165, 1.54) is 28.5 Å². The highest BCUT2D eigenvalue weighted by Crippen LogP contribution is 2.26. The lowest BCUT2D eigenvalue weighted by Crippen LogP contribution is -2.40. The lowest BCUT2D eigenvalue weighted by Gasteiger charge is -2.30. The van der Waals surface area contributed by atoms with Crippen LogP contribution < -0.4 is 0 Å². The highest BCUT2D eigenvalue weighted by atomic mass is 32.2. The van der Waals surface area contributed by atoms with Crippen LogP contribution in [-0.2, 0) is 17.8 Å². The molecule has 1 aliphatic heterocycles. The molecular weight excluding hydrogens is 356 g/mol. The number of rotatable bonds is 4. The Hall–Kier alpha value is -2.60. The predicted molar refractivity (Wildman–Crippen MR) is 107 cm³/mol. The number of nitrogens with one attached hydrogen (secondary N) is 1. The van der Waals surface area contributed by atoms with Crippen LogP contribution in [0.15, 0.2) is 53.7 Å². The number of fused-ring (bicyclic) bond motifs is 1. The van der Waals surface area contributed by atoms with Crippen molar-refractivity contribution in [1.29, 1.82) is 0 Å². The molecule has 138 valence electrons. The van der Waals surface area contributed by atoms with E-state index < -0.39 is 0 Å².